The Morgan fingerprint density at radius 2 is 1.43 bits per heavy atom. The van der Waals surface area contributed by atoms with Crippen LogP contribution < -0.4 is 9.47 Å². The number of ether oxygens (including phenoxy) is 2. The molecular formula is C16H25N3O2. The average Bonchev–Trinajstić information content (AvgIpc) is 2.49. The van der Waals surface area contributed by atoms with E-state index in [-0.39, 0.29) is 0 Å². The SMILES string of the molecule is COc1c(C)c(C)c(OC)c(CCCN(C=N)C=N)c1C. The van der Waals surface area contributed by atoms with Crippen LogP contribution in [0.5, 0.6) is 11.5 Å². The van der Waals surface area contributed by atoms with Gasteiger partial charge in [0, 0.05) is 12.1 Å². The Labute approximate surface area is 126 Å². The van der Waals surface area contributed by atoms with Gasteiger partial charge in [-0.1, -0.05) is 0 Å². The van der Waals surface area contributed by atoms with Gasteiger partial charge in [0.25, 0.3) is 0 Å². The van der Waals surface area contributed by atoms with Gasteiger partial charge < -0.3 is 14.4 Å². The van der Waals surface area contributed by atoms with E-state index in [0.717, 1.165) is 59.3 Å². The standard InChI is InChI=1S/C16H25N3O2/c1-11-12(2)16(21-5)14(13(3)15(11)20-4)7-6-8-19(9-17)10-18/h9-10,17-18H,6-8H2,1-5H3. The predicted octanol–water partition coefficient (Wildman–Crippen LogP) is 3.08. The fourth-order valence-electron chi connectivity index (χ4n) is 2.64. The van der Waals surface area contributed by atoms with Gasteiger partial charge >= 0.3 is 0 Å². The molecule has 0 aliphatic heterocycles. The molecule has 0 spiro atoms. The maximum atomic E-state index is 7.19. The minimum absolute atomic E-state index is 0.644. The third kappa shape index (κ3) is 3.54. The first-order chi connectivity index (χ1) is 10.0. The van der Waals surface area contributed by atoms with Crippen LogP contribution >= 0.6 is 0 Å². The maximum Gasteiger partial charge on any atom is 0.125 e. The van der Waals surface area contributed by atoms with Gasteiger partial charge in [-0.25, -0.2) is 0 Å². The monoisotopic (exact) mass is 291 g/mol. The number of benzene rings is 1. The van der Waals surface area contributed by atoms with Crippen molar-refractivity contribution in [2.45, 2.75) is 33.6 Å². The molecule has 5 nitrogen and oxygen atoms in total. The Balaban J connectivity index is 3.07. The van der Waals surface area contributed by atoms with Gasteiger partial charge in [0.2, 0.25) is 0 Å². The lowest BCUT2D eigenvalue weighted by atomic mass is 9.94. The Hall–Kier alpha value is -2.04. The van der Waals surface area contributed by atoms with E-state index in [9.17, 15) is 0 Å². The summed E-state index contributed by atoms with van der Waals surface area (Å²) < 4.78 is 11.1. The second kappa shape index (κ2) is 7.67. The van der Waals surface area contributed by atoms with Crippen LogP contribution in [0, 0.1) is 31.6 Å². The van der Waals surface area contributed by atoms with Gasteiger partial charge in [-0.15, -0.1) is 0 Å². The Morgan fingerprint density at radius 3 is 1.90 bits per heavy atom. The summed E-state index contributed by atoms with van der Waals surface area (Å²) in [5.74, 6) is 1.83. The summed E-state index contributed by atoms with van der Waals surface area (Å²) in [6.07, 6.45) is 3.99. The van der Waals surface area contributed by atoms with E-state index >= 15 is 0 Å². The molecule has 0 aliphatic rings. The molecule has 0 fully saturated rings. The maximum absolute atomic E-state index is 7.19. The normalized spacial score (nSPS) is 10.1. The summed E-state index contributed by atoms with van der Waals surface area (Å²) in [4.78, 5) is 1.54. The molecule has 0 bridgehead atoms. The molecule has 0 radical (unpaired) electrons. The van der Waals surface area contributed by atoms with Crippen LogP contribution in [0.1, 0.15) is 28.7 Å². The summed E-state index contributed by atoms with van der Waals surface area (Å²) in [6, 6.07) is 0. The van der Waals surface area contributed by atoms with E-state index in [0.29, 0.717) is 6.54 Å². The molecule has 1 aromatic carbocycles. The van der Waals surface area contributed by atoms with Crippen molar-refractivity contribution in [2.24, 2.45) is 0 Å². The van der Waals surface area contributed by atoms with Gasteiger partial charge in [0.15, 0.2) is 0 Å². The highest BCUT2D eigenvalue weighted by atomic mass is 16.5. The molecule has 21 heavy (non-hydrogen) atoms. The van der Waals surface area contributed by atoms with E-state index in [1.54, 1.807) is 19.1 Å². The van der Waals surface area contributed by atoms with Crippen LogP contribution in [0.3, 0.4) is 0 Å². The highest BCUT2D eigenvalue weighted by Gasteiger charge is 2.18. The Kier molecular flexibility index (Phi) is 6.21. The topological polar surface area (TPSA) is 69.4 Å². The van der Waals surface area contributed by atoms with Crippen LogP contribution in [0.2, 0.25) is 0 Å². The molecular weight excluding hydrogens is 266 g/mol. The number of nitrogens with one attached hydrogen (secondary N) is 2. The van der Waals surface area contributed by atoms with Crippen molar-refractivity contribution in [3.63, 3.8) is 0 Å². The first-order valence-electron chi connectivity index (χ1n) is 6.99. The molecule has 0 unspecified atom stereocenters. The number of methoxy groups -OCH3 is 2. The van der Waals surface area contributed by atoms with Crippen molar-refractivity contribution < 1.29 is 9.47 Å². The summed E-state index contributed by atoms with van der Waals surface area (Å²) in [7, 11) is 3.38. The van der Waals surface area contributed by atoms with Gasteiger partial charge in [0.1, 0.15) is 11.5 Å². The van der Waals surface area contributed by atoms with Crippen LogP contribution in [-0.4, -0.2) is 38.3 Å². The lowest BCUT2D eigenvalue weighted by Crippen LogP contribution is -2.20. The molecule has 0 aliphatic carbocycles. The minimum atomic E-state index is 0.644. The molecule has 5 heteroatoms. The van der Waals surface area contributed by atoms with Crippen LogP contribution in [0.4, 0.5) is 0 Å². The van der Waals surface area contributed by atoms with E-state index < -0.39 is 0 Å². The lowest BCUT2D eigenvalue weighted by molar-refractivity contribution is 0.389. The van der Waals surface area contributed by atoms with E-state index in [1.165, 1.54) is 0 Å². The quantitative estimate of drug-likeness (QED) is 0.571. The molecule has 116 valence electrons. The Bertz CT molecular complexity index is 519. The molecule has 0 saturated carbocycles. The summed E-state index contributed by atoms with van der Waals surface area (Å²) >= 11 is 0. The van der Waals surface area contributed by atoms with Crippen LogP contribution in [0.15, 0.2) is 0 Å². The third-order valence-electron chi connectivity index (χ3n) is 3.89. The molecule has 2 N–H and O–H groups in total. The van der Waals surface area contributed by atoms with E-state index in [1.807, 2.05) is 20.8 Å². The molecule has 0 aromatic heterocycles. The smallest absolute Gasteiger partial charge is 0.125 e. The number of hydrogen-bond donors (Lipinski definition) is 2. The highest BCUT2D eigenvalue weighted by Crippen LogP contribution is 2.38. The first-order valence-corrected chi connectivity index (χ1v) is 6.99. The van der Waals surface area contributed by atoms with Gasteiger partial charge in [0.05, 0.1) is 26.9 Å². The van der Waals surface area contributed by atoms with Crippen molar-refractivity contribution >= 4 is 12.7 Å². The second-order valence-electron chi connectivity index (χ2n) is 5.02. The number of rotatable bonds is 8. The van der Waals surface area contributed by atoms with Crippen molar-refractivity contribution in [3.8, 4) is 11.5 Å². The van der Waals surface area contributed by atoms with Crippen molar-refractivity contribution in [2.75, 3.05) is 20.8 Å². The molecule has 1 rings (SSSR count). The molecule has 0 amide bonds. The fraction of sp³-hybridized carbons (Fsp3) is 0.500. The second-order valence-corrected chi connectivity index (χ2v) is 5.02. The van der Waals surface area contributed by atoms with Crippen LogP contribution in [-0.2, 0) is 6.42 Å². The molecule has 1 aromatic rings. The summed E-state index contributed by atoms with van der Waals surface area (Å²) in [6.45, 7) is 6.78. The highest BCUT2D eigenvalue weighted by molar-refractivity contribution is 5.71. The summed E-state index contributed by atoms with van der Waals surface area (Å²) in [5.41, 5.74) is 4.46. The zero-order chi connectivity index (χ0) is 16.0. The molecule has 0 atom stereocenters. The van der Waals surface area contributed by atoms with E-state index in [4.69, 9.17) is 20.3 Å². The fourth-order valence-corrected chi connectivity index (χ4v) is 2.64. The predicted molar refractivity (Wildman–Crippen MR) is 86.4 cm³/mol. The third-order valence-corrected chi connectivity index (χ3v) is 3.89. The van der Waals surface area contributed by atoms with Gasteiger partial charge in [-0.2, -0.15) is 0 Å². The van der Waals surface area contributed by atoms with Crippen LogP contribution in [0.25, 0.3) is 0 Å². The number of hydrogen-bond acceptors (Lipinski definition) is 4. The zero-order valence-corrected chi connectivity index (χ0v) is 13.5. The number of nitrogens with zero attached hydrogens (tertiary/aromatic N) is 1. The Morgan fingerprint density at radius 1 is 0.905 bits per heavy atom. The van der Waals surface area contributed by atoms with Crippen molar-refractivity contribution in [1.82, 2.24) is 4.90 Å². The van der Waals surface area contributed by atoms with E-state index in [2.05, 4.69) is 0 Å². The van der Waals surface area contributed by atoms with Crippen molar-refractivity contribution in [1.29, 1.82) is 10.8 Å². The average molecular weight is 291 g/mol. The summed E-state index contributed by atoms with van der Waals surface area (Å²) in [5, 5.41) is 14.4. The van der Waals surface area contributed by atoms with Gasteiger partial charge in [-0.3, -0.25) is 10.8 Å². The molecule has 0 saturated heterocycles. The zero-order valence-electron chi connectivity index (χ0n) is 13.5. The largest absolute Gasteiger partial charge is 0.496 e. The van der Waals surface area contributed by atoms with Crippen molar-refractivity contribution in [3.05, 3.63) is 22.3 Å². The molecule has 0 heterocycles. The van der Waals surface area contributed by atoms with Gasteiger partial charge in [-0.05, 0) is 50.3 Å². The first kappa shape index (κ1) is 17.0. The lowest BCUT2D eigenvalue weighted by Gasteiger charge is -2.21. The minimum Gasteiger partial charge on any atom is -0.496 e.